The molecular formula is C14H30Cl2N4. The average molecular weight is 325 g/mol. The summed E-state index contributed by atoms with van der Waals surface area (Å²) in [6.45, 7) is 15.2. The van der Waals surface area contributed by atoms with E-state index in [1.807, 2.05) is 10.9 Å². The molecule has 1 aromatic rings. The van der Waals surface area contributed by atoms with Gasteiger partial charge in [-0.2, -0.15) is 5.10 Å². The maximum atomic E-state index is 4.37. The Morgan fingerprint density at radius 2 is 1.90 bits per heavy atom. The van der Waals surface area contributed by atoms with Crippen LogP contribution in [0, 0.1) is 5.92 Å². The molecular weight excluding hydrogens is 295 g/mol. The number of hydrogen-bond acceptors (Lipinski definition) is 3. The zero-order chi connectivity index (χ0) is 13.4. The van der Waals surface area contributed by atoms with Gasteiger partial charge in [0.1, 0.15) is 0 Å². The highest BCUT2D eigenvalue weighted by molar-refractivity contribution is 5.85. The summed E-state index contributed by atoms with van der Waals surface area (Å²) in [5.74, 6) is 0.647. The van der Waals surface area contributed by atoms with E-state index in [0.29, 0.717) is 5.92 Å². The van der Waals surface area contributed by atoms with Crippen LogP contribution in [0.25, 0.3) is 0 Å². The monoisotopic (exact) mass is 324 g/mol. The normalized spacial score (nSPS) is 10.5. The summed E-state index contributed by atoms with van der Waals surface area (Å²) in [7, 11) is 0. The van der Waals surface area contributed by atoms with Crippen LogP contribution in [-0.4, -0.2) is 40.9 Å². The highest BCUT2D eigenvalue weighted by Crippen LogP contribution is 2.01. The minimum Gasteiger partial charge on any atom is -0.311 e. The van der Waals surface area contributed by atoms with Gasteiger partial charge in [-0.05, 0) is 19.0 Å². The van der Waals surface area contributed by atoms with E-state index in [0.717, 1.165) is 39.3 Å². The van der Waals surface area contributed by atoms with Crippen molar-refractivity contribution in [3.05, 3.63) is 18.0 Å². The van der Waals surface area contributed by atoms with Gasteiger partial charge in [-0.25, -0.2) is 0 Å². The van der Waals surface area contributed by atoms with Crippen molar-refractivity contribution in [2.24, 2.45) is 5.92 Å². The summed E-state index contributed by atoms with van der Waals surface area (Å²) >= 11 is 0. The van der Waals surface area contributed by atoms with Crippen molar-refractivity contribution in [1.82, 2.24) is 20.0 Å². The number of hydrogen-bond donors (Lipinski definition) is 1. The Morgan fingerprint density at radius 1 is 1.25 bits per heavy atom. The van der Waals surface area contributed by atoms with Crippen LogP contribution in [0.3, 0.4) is 0 Å². The van der Waals surface area contributed by atoms with Gasteiger partial charge >= 0.3 is 0 Å². The first kappa shape index (κ1) is 22.0. The molecule has 20 heavy (non-hydrogen) atoms. The Labute approximate surface area is 136 Å². The van der Waals surface area contributed by atoms with Crippen LogP contribution in [0.1, 0.15) is 33.3 Å². The van der Waals surface area contributed by atoms with E-state index in [4.69, 9.17) is 0 Å². The number of likely N-dealkylation sites (N-methyl/N-ethyl adjacent to an activating group) is 1. The quantitative estimate of drug-likeness (QED) is 0.709. The lowest BCUT2D eigenvalue weighted by Crippen LogP contribution is -2.31. The summed E-state index contributed by atoms with van der Waals surface area (Å²) in [4.78, 5) is 2.43. The van der Waals surface area contributed by atoms with Gasteiger partial charge in [0.05, 0.1) is 6.20 Å². The van der Waals surface area contributed by atoms with Crippen LogP contribution >= 0.6 is 24.8 Å². The molecule has 0 bridgehead atoms. The molecule has 0 saturated carbocycles. The number of nitrogens with zero attached hydrogens (tertiary/aromatic N) is 3. The number of rotatable bonds is 9. The molecule has 1 rings (SSSR count). The predicted octanol–water partition coefficient (Wildman–Crippen LogP) is 2.81. The second kappa shape index (κ2) is 12.5. The Hall–Kier alpha value is -0.290. The molecule has 0 radical (unpaired) electrons. The van der Waals surface area contributed by atoms with Gasteiger partial charge in [-0.15, -0.1) is 24.8 Å². The van der Waals surface area contributed by atoms with E-state index < -0.39 is 0 Å². The third kappa shape index (κ3) is 8.80. The van der Waals surface area contributed by atoms with Crippen LogP contribution < -0.4 is 5.32 Å². The molecule has 0 spiro atoms. The van der Waals surface area contributed by atoms with Crippen molar-refractivity contribution in [3.8, 4) is 0 Å². The number of halogens is 2. The van der Waals surface area contributed by atoms with Gasteiger partial charge in [-0.1, -0.05) is 27.7 Å². The minimum absolute atomic E-state index is 0. The summed E-state index contributed by atoms with van der Waals surface area (Å²) in [5.41, 5.74) is 1.27. The lowest BCUT2D eigenvalue weighted by molar-refractivity contribution is 0.302. The first-order valence-corrected chi connectivity index (χ1v) is 7.10. The SMILES string of the molecule is CCN(CC)CCNCc1cnn(CC(C)C)c1.Cl.Cl. The topological polar surface area (TPSA) is 33.1 Å². The molecule has 1 N–H and O–H groups in total. The Morgan fingerprint density at radius 3 is 2.45 bits per heavy atom. The highest BCUT2D eigenvalue weighted by atomic mass is 35.5. The van der Waals surface area contributed by atoms with E-state index >= 15 is 0 Å². The Kier molecular flexibility index (Phi) is 13.7. The molecule has 0 aliphatic rings. The molecule has 0 aliphatic carbocycles. The molecule has 0 aliphatic heterocycles. The molecule has 0 saturated heterocycles. The summed E-state index contributed by atoms with van der Waals surface area (Å²) < 4.78 is 2.03. The fourth-order valence-corrected chi connectivity index (χ4v) is 1.98. The van der Waals surface area contributed by atoms with Crippen molar-refractivity contribution in [1.29, 1.82) is 0 Å². The van der Waals surface area contributed by atoms with Crippen LogP contribution in [-0.2, 0) is 13.1 Å². The third-order valence-electron chi connectivity index (χ3n) is 3.07. The Balaban J connectivity index is 0. The van der Waals surface area contributed by atoms with E-state index in [2.05, 4.69) is 49.2 Å². The third-order valence-corrected chi connectivity index (χ3v) is 3.07. The van der Waals surface area contributed by atoms with Gasteiger partial charge in [0.15, 0.2) is 0 Å². The van der Waals surface area contributed by atoms with Crippen molar-refractivity contribution in [3.63, 3.8) is 0 Å². The van der Waals surface area contributed by atoms with E-state index in [1.54, 1.807) is 0 Å². The van der Waals surface area contributed by atoms with Gasteiger partial charge in [-0.3, -0.25) is 4.68 Å². The molecule has 1 heterocycles. The van der Waals surface area contributed by atoms with Gasteiger partial charge in [0.25, 0.3) is 0 Å². The molecule has 6 heteroatoms. The van der Waals surface area contributed by atoms with Crippen LogP contribution in [0.15, 0.2) is 12.4 Å². The second-order valence-electron chi connectivity index (χ2n) is 5.17. The molecule has 0 aromatic carbocycles. The molecule has 0 fully saturated rings. The lowest BCUT2D eigenvalue weighted by Gasteiger charge is -2.17. The standard InChI is InChI=1S/C14H28N4.2ClH/c1-5-17(6-2)8-7-15-9-14-10-16-18(12-14)11-13(3)4;;/h10,12-13,15H,5-9,11H2,1-4H3;2*1H. The van der Waals surface area contributed by atoms with Gasteiger partial charge in [0.2, 0.25) is 0 Å². The van der Waals surface area contributed by atoms with Crippen LogP contribution in [0.2, 0.25) is 0 Å². The zero-order valence-corrected chi connectivity index (χ0v) is 14.8. The van der Waals surface area contributed by atoms with Gasteiger partial charge in [0, 0.05) is 37.9 Å². The zero-order valence-electron chi connectivity index (χ0n) is 13.1. The fourth-order valence-electron chi connectivity index (χ4n) is 1.98. The first-order valence-electron chi connectivity index (χ1n) is 7.10. The maximum Gasteiger partial charge on any atom is 0.0534 e. The van der Waals surface area contributed by atoms with E-state index in [9.17, 15) is 0 Å². The molecule has 4 nitrogen and oxygen atoms in total. The van der Waals surface area contributed by atoms with Gasteiger partial charge < -0.3 is 10.2 Å². The van der Waals surface area contributed by atoms with Crippen molar-refractivity contribution < 1.29 is 0 Å². The number of aromatic nitrogens is 2. The molecule has 120 valence electrons. The van der Waals surface area contributed by atoms with E-state index in [1.165, 1.54) is 5.56 Å². The lowest BCUT2D eigenvalue weighted by atomic mass is 10.2. The van der Waals surface area contributed by atoms with Crippen molar-refractivity contribution in [2.75, 3.05) is 26.2 Å². The minimum atomic E-state index is 0. The van der Waals surface area contributed by atoms with Crippen molar-refractivity contribution in [2.45, 2.75) is 40.8 Å². The highest BCUT2D eigenvalue weighted by Gasteiger charge is 2.01. The Bertz CT molecular complexity index is 325. The average Bonchev–Trinajstić information content (AvgIpc) is 2.76. The predicted molar refractivity (Wildman–Crippen MR) is 91.1 cm³/mol. The fraction of sp³-hybridized carbons (Fsp3) is 0.786. The summed E-state index contributed by atoms with van der Waals surface area (Å²) in [5, 5.41) is 7.84. The maximum absolute atomic E-state index is 4.37. The van der Waals surface area contributed by atoms with Crippen LogP contribution in [0.5, 0.6) is 0 Å². The van der Waals surface area contributed by atoms with Crippen molar-refractivity contribution >= 4 is 24.8 Å². The summed E-state index contributed by atoms with van der Waals surface area (Å²) in [6.07, 6.45) is 4.11. The van der Waals surface area contributed by atoms with Crippen LogP contribution in [0.4, 0.5) is 0 Å². The largest absolute Gasteiger partial charge is 0.311 e. The molecule has 1 aromatic heterocycles. The molecule has 0 atom stereocenters. The van der Waals surface area contributed by atoms with E-state index in [-0.39, 0.29) is 24.8 Å². The summed E-state index contributed by atoms with van der Waals surface area (Å²) in [6, 6.07) is 0. The molecule has 0 amide bonds. The second-order valence-corrected chi connectivity index (χ2v) is 5.17. The smallest absolute Gasteiger partial charge is 0.0534 e. The molecule has 0 unspecified atom stereocenters. The first-order chi connectivity index (χ1) is 8.65. The number of nitrogens with one attached hydrogen (secondary N) is 1.